The molecule has 0 spiro atoms. The molecule has 0 aliphatic carbocycles. The molecule has 0 aliphatic heterocycles. The van der Waals surface area contributed by atoms with E-state index >= 15 is 0 Å². The smallest absolute Gasteiger partial charge is 0.256 e. The normalized spacial score (nSPS) is 10.4. The molecule has 0 radical (unpaired) electrons. The number of anilines is 1. The minimum absolute atomic E-state index is 0.143. The third-order valence-corrected chi connectivity index (χ3v) is 3.88. The predicted octanol–water partition coefficient (Wildman–Crippen LogP) is 3.61. The summed E-state index contributed by atoms with van der Waals surface area (Å²) >= 11 is 1.94. The number of halogens is 2. The molecule has 0 atom stereocenters. The Bertz CT molecular complexity index is 646. The quantitative estimate of drug-likeness (QED) is 0.755. The van der Waals surface area contributed by atoms with Gasteiger partial charge in [0.25, 0.3) is 5.91 Å². The maximum Gasteiger partial charge on any atom is 0.256 e. The fourth-order valence-corrected chi connectivity index (χ4v) is 2.68. The lowest BCUT2D eigenvalue weighted by atomic mass is 10.1. The van der Waals surface area contributed by atoms with Crippen molar-refractivity contribution in [2.45, 2.75) is 12.8 Å². The van der Waals surface area contributed by atoms with Crippen LogP contribution in [0.2, 0.25) is 0 Å². The van der Waals surface area contributed by atoms with Crippen LogP contribution >= 0.6 is 22.6 Å². The summed E-state index contributed by atoms with van der Waals surface area (Å²) in [5.74, 6) is -0.624. The van der Waals surface area contributed by atoms with E-state index in [9.17, 15) is 9.18 Å². The molecule has 0 aromatic heterocycles. The van der Waals surface area contributed by atoms with E-state index in [0.717, 1.165) is 12.0 Å². The second-order valence-electron chi connectivity index (χ2n) is 4.61. The maximum absolute atomic E-state index is 13.1. The van der Waals surface area contributed by atoms with Crippen molar-refractivity contribution >= 4 is 34.2 Å². The van der Waals surface area contributed by atoms with E-state index in [2.05, 4.69) is 5.32 Å². The van der Waals surface area contributed by atoms with E-state index < -0.39 is 0 Å². The van der Waals surface area contributed by atoms with Crippen LogP contribution in [0.1, 0.15) is 22.3 Å². The summed E-state index contributed by atoms with van der Waals surface area (Å²) in [6.07, 6.45) is 1.45. The van der Waals surface area contributed by atoms with Gasteiger partial charge in [0.15, 0.2) is 0 Å². The van der Waals surface area contributed by atoms with Gasteiger partial charge in [-0.25, -0.2) is 4.39 Å². The molecule has 0 heterocycles. The largest absolute Gasteiger partial charge is 0.396 e. The van der Waals surface area contributed by atoms with Crippen molar-refractivity contribution in [1.82, 2.24) is 0 Å². The maximum atomic E-state index is 13.1. The highest BCUT2D eigenvalue weighted by Crippen LogP contribution is 2.17. The number of carbonyl (C=O) groups is 1. The van der Waals surface area contributed by atoms with E-state index in [1.165, 1.54) is 18.2 Å². The lowest BCUT2D eigenvalue weighted by Gasteiger charge is -2.08. The van der Waals surface area contributed by atoms with Crippen molar-refractivity contribution in [1.29, 1.82) is 0 Å². The number of benzene rings is 2. The fourth-order valence-electron chi connectivity index (χ4n) is 1.96. The lowest BCUT2D eigenvalue weighted by molar-refractivity contribution is 0.102. The zero-order valence-electron chi connectivity index (χ0n) is 11.3. The lowest BCUT2D eigenvalue weighted by Crippen LogP contribution is -2.13. The average molecular weight is 399 g/mol. The summed E-state index contributed by atoms with van der Waals surface area (Å²) in [6, 6.07) is 11.6. The Labute approximate surface area is 136 Å². The molecule has 2 aromatic rings. The molecule has 0 bridgehead atoms. The summed E-state index contributed by atoms with van der Waals surface area (Å²) in [6.45, 7) is 0.143. The first kappa shape index (κ1) is 15.9. The van der Waals surface area contributed by atoms with Crippen molar-refractivity contribution < 1.29 is 14.3 Å². The van der Waals surface area contributed by atoms with Gasteiger partial charge in [0, 0.05) is 15.9 Å². The molecule has 0 aliphatic rings. The van der Waals surface area contributed by atoms with Crippen molar-refractivity contribution in [2.75, 3.05) is 11.9 Å². The molecule has 0 saturated carbocycles. The Morgan fingerprint density at radius 2 is 2.05 bits per heavy atom. The van der Waals surface area contributed by atoms with Crippen LogP contribution < -0.4 is 5.32 Å². The molecule has 0 fully saturated rings. The number of aliphatic hydroxyl groups is 1. The second-order valence-corrected chi connectivity index (χ2v) is 5.77. The fraction of sp³-hybridized carbons (Fsp3) is 0.188. The number of hydrogen-bond donors (Lipinski definition) is 2. The van der Waals surface area contributed by atoms with Gasteiger partial charge in [0.1, 0.15) is 5.82 Å². The number of carbonyl (C=O) groups excluding carboxylic acids is 1. The predicted molar refractivity (Wildman–Crippen MR) is 88.9 cm³/mol. The average Bonchev–Trinajstić information content (AvgIpc) is 2.45. The highest BCUT2D eigenvalue weighted by molar-refractivity contribution is 14.1. The Morgan fingerprint density at radius 1 is 1.24 bits per heavy atom. The van der Waals surface area contributed by atoms with Crippen LogP contribution in [0.15, 0.2) is 42.5 Å². The molecule has 0 unspecified atom stereocenters. The van der Waals surface area contributed by atoms with Gasteiger partial charge in [0.05, 0.1) is 5.56 Å². The van der Waals surface area contributed by atoms with Crippen LogP contribution in [0.5, 0.6) is 0 Å². The van der Waals surface area contributed by atoms with E-state index in [1.54, 1.807) is 6.07 Å². The van der Waals surface area contributed by atoms with Crippen LogP contribution in [0.25, 0.3) is 0 Å². The van der Waals surface area contributed by atoms with Crippen LogP contribution in [-0.2, 0) is 6.42 Å². The highest BCUT2D eigenvalue weighted by atomic mass is 127. The molecule has 2 rings (SSSR count). The summed E-state index contributed by atoms with van der Waals surface area (Å²) < 4.78 is 13.6. The molecule has 21 heavy (non-hydrogen) atoms. The second kappa shape index (κ2) is 7.51. The standard InChI is InChI=1S/C16H15FINO2/c17-12-6-7-14(15(18)10-12)16(21)19-13-5-1-3-11(9-13)4-2-8-20/h1,3,5-7,9-10,20H,2,4,8H2,(H,19,21). The van der Waals surface area contributed by atoms with E-state index in [1.807, 2.05) is 40.8 Å². The molecule has 3 nitrogen and oxygen atoms in total. The van der Waals surface area contributed by atoms with E-state index in [0.29, 0.717) is 21.2 Å². The van der Waals surface area contributed by atoms with E-state index in [-0.39, 0.29) is 18.3 Å². The molecule has 110 valence electrons. The molecule has 5 heteroatoms. The number of nitrogens with one attached hydrogen (secondary N) is 1. The Balaban J connectivity index is 2.12. The van der Waals surface area contributed by atoms with Crippen molar-refractivity contribution in [3.63, 3.8) is 0 Å². The minimum atomic E-state index is -0.359. The molecule has 0 saturated heterocycles. The Kier molecular flexibility index (Phi) is 5.69. The van der Waals surface area contributed by atoms with Gasteiger partial charge in [0.2, 0.25) is 0 Å². The topological polar surface area (TPSA) is 49.3 Å². The number of aliphatic hydroxyl groups excluding tert-OH is 1. The molecule has 1 amide bonds. The number of hydrogen-bond acceptors (Lipinski definition) is 2. The zero-order chi connectivity index (χ0) is 15.2. The summed E-state index contributed by atoms with van der Waals surface area (Å²) in [7, 11) is 0. The van der Waals surface area contributed by atoms with Crippen molar-refractivity contribution in [3.8, 4) is 0 Å². The van der Waals surface area contributed by atoms with Gasteiger partial charge in [-0.15, -0.1) is 0 Å². The van der Waals surface area contributed by atoms with Gasteiger partial charge < -0.3 is 10.4 Å². The first-order valence-corrected chi connectivity index (χ1v) is 7.64. The molecule has 2 aromatic carbocycles. The van der Waals surface area contributed by atoms with Gasteiger partial charge in [-0.1, -0.05) is 12.1 Å². The Hall–Kier alpha value is -1.47. The number of aryl methyl sites for hydroxylation is 1. The SMILES string of the molecule is O=C(Nc1cccc(CCCO)c1)c1ccc(F)cc1I. The monoisotopic (exact) mass is 399 g/mol. The van der Waals surface area contributed by atoms with Gasteiger partial charge in [-0.2, -0.15) is 0 Å². The van der Waals surface area contributed by atoms with Crippen LogP contribution in [0.3, 0.4) is 0 Å². The highest BCUT2D eigenvalue weighted by Gasteiger charge is 2.11. The molecular formula is C16H15FINO2. The van der Waals surface area contributed by atoms with Crippen molar-refractivity contribution in [3.05, 3.63) is 63.0 Å². The summed E-state index contributed by atoms with van der Waals surface area (Å²) in [5, 5.41) is 11.6. The number of amides is 1. The van der Waals surface area contributed by atoms with Crippen LogP contribution in [0.4, 0.5) is 10.1 Å². The first-order chi connectivity index (χ1) is 10.1. The zero-order valence-corrected chi connectivity index (χ0v) is 13.4. The third kappa shape index (κ3) is 4.50. The summed E-state index contributed by atoms with van der Waals surface area (Å²) in [5.41, 5.74) is 2.18. The van der Waals surface area contributed by atoms with Gasteiger partial charge in [-0.3, -0.25) is 4.79 Å². The summed E-state index contributed by atoms with van der Waals surface area (Å²) in [4.78, 5) is 12.2. The van der Waals surface area contributed by atoms with Gasteiger partial charge >= 0.3 is 0 Å². The van der Waals surface area contributed by atoms with Crippen LogP contribution in [0, 0.1) is 9.39 Å². The first-order valence-electron chi connectivity index (χ1n) is 6.56. The third-order valence-electron chi connectivity index (χ3n) is 2.98. The van der Waals surface area contributed by atoms with Crippen molar-refractivity contribution in [2.24, 2.45) is 0 Å². The molecular weight excluding hydrogens is 384 g/mol. The minimum Gasteiger partial charge on any atom is -0.396 e. The van der Waals surface area contributed by atoms with Gasteiger partial charge in [-0.05, 0) is 71.3 Å². The number of rotatable bonds is 5. The molecule has 2 N–H and O–H groups in total. The van der Waals surface area contributed by atoms with E-state index in [4.69, 9.17) is 5.11 Å². The Morgan fingerprint density at radius 3 is 2.76 bits per heavy atom. The van der Waals surface area contributed by atoms with Crippen LogP contribution in [-0.4, -0.2) is 17.6 Å².